The van der Waals surface area contributed by atoms with Crippen LogP contribution in [0.4, 0.5) is 4.39 Å². The molecule has 2 aromatic rings. The van der Waals surface area contributed by atoms with Crippen molar-refractivity contribution < 1.29 is 14.3 Å². The van der Waals surface area contributed by atoms with Gasteiger partial charge in [0.2, 0.25) is 0 Å². The predicted molar refractivity (Wildman–Crippen MR) is 126 cm³/mol. The molecule has 7 nitrogen and oxygen atoms in total. The first-order valence-electron chi connectivity index (χ1n) is 11.5. The highest BCUT2D eigenvalue weighted by atomic mass is 19.1. The lowest BCUT2D eigenvalue weighted by molar-refractivity contribution is -0.124. The van der Waals surface area contributed by atoms with Crippen LogP contribution in [0.3, 0.4) is 0 Å². The maximum Gasteiger partial charge on any atom is 0.256 e. The van der Waals surface area contributed by atoms with Crippen molar-refractivity contribution in [2.45, 2.75) is 32.4 Å². The zero-order valence-corrected chi connectivity index (χ0v) is 19.6. The number of carbonyl (C=O) groups is 1. The molecule has 2 aliphatic heterocycles. The Labute approximate surface area is 193 Å². The van der Waals surface area contributed by atoms with Gasteiger partial charge in [-0.15, -0.1) is 0 Å². The number of likely N-dealkylation sites (tertiary alicyclic amines) is 1. The summed E-state index contributed by atoms with van der Waals surface area (Å²) in [5.74, 6) is -0.725. The van der Waals surface area contributed by atoms with Gasteiger partial charge in [-0.25, -0.2) is 4.39 Å². The fourth-order valence-electron chi connectivity index (χ4n) is 5.00. The number of nitrogens with zero attached hydrogens (tertiary/aromatic N) is 3. The number of piperidine rings is 1. The highest BCUT2D eigenvalue weighted by Gasteiger charge is 2.47. The molecule has 33 heavy (non-hydrogen) atoms. The quantitative estimate of drug-likeness (QED) is 0.734. The molecule has 178 valence electrons. The van der Waals surface area contributed by atoms with E-state index in [0.717, 1.165) is 0 Å². The summed E-state index contributed by atoms with van der Waals surface area (Å²) in [6.07, 6.45) is 2.03. The summed E-state index contributed by atoms with van der Waals surface area (Å²) < 4.78 is 16.1. The number of carbonyl (C=O) groups excluding carboxylic acids is 1. The van der Waals surface area contributed by atoms with Crippen molar-refractivity contribution in [3.63, 3.8) is 0 Å². The Hall–Kier alpha value is -2.55. The van der Waals surface area contributed by atoms with Gasteiger partial charge in [-0.1, -0.05) is 32.0 Å². The minimum absolute atomic E-state index is 0.0755. The van der Waals surface area contributed by atoms with Crippen LogP contribution >= 0.6 is 0 Å². The Morgan fingerprint density at radius 2 is 1.85 bits per heavy atom. The molecular formula is C25H33FN4O3. The second-order valence-electron chi connectivity index (χ2n) is 9.99. The molecule has 0 aliphatic carbocycles. The number of nitrogens with one attached hydrogen (secondary N) is 1. The Balaban J connectivity index is 1.79. The second-order valence-corrected chi connectivity index (χ2v) is 9.99. The molecule has 1 atom stereocenters. The molecular weight excluding hydrogens is 423 g/mol. The van der Waals surface area contributed by atoms with Gasteiger partial charge < -0.3 is 24.8 Å². The number of benzene rings is 1. The maximum atomic E-state index is 14.7. The van der Waals surface area contributed by atoms with Crippen LogP contribution in [0, 0.1) is 11.2 Å². The third-order valence-electron chi connectivity index (χ3n) is 7.19. The molecule has 2 saturated heterocycles. The summed E-state index contributed by atoms with van der Waals surface area (Å²) in [5, 5.41) is 14.8. The molecule has 8 heteroatoms. The van der Waals surface area contributed by atoms with E-state index < -0.39 is 16.8 Å². The monoisotopic (exact) mass is 456 g/mol. The minimum Gasteiger partial charge on any atom is -0.387 e. The van der Waals surface area contributed by atoms with Gasteiger partial charge in [-0.2, -0.15) is 0 Å². The molecule has 0 bridgehead atoms. The SMILES string of the molecule is CN1CCC(O)(Cn2cc(C(=O)N3CCNCC3)c(-c3ccccc3F)cc2=O)C(C)(C)C1. The number of halogens is 1. The Bertz CT molecular complexity index is 1090. The zero-order chi connectivity index (χ0) is 23.8. The average molecular weight is 457 g/mol. The van der Waals surface area contributed by atoms with Crippen LogP contribution in [-0.4, -0.2) is 77.3 Å². The smallest absolute Gasteiger partial charge is 0.256 e. The van der Waals surface area contributed by atoms with E-state index in [1.165, 1.54) is 22.9 Å². The van der Waals surface area contributed by atoms with Crippen molar-refractivity contribution in [2.24, 2.45) is 5.41 Å². The lowest BCUT2D eigenvalue weighted by atomic mass is 9.70. The molecule has 1 amide bonds. The van der Waals surface area contributed by atoms with E-state index >= 15 is 0 Å². The standard InChI is InChI=1S/C25H33FN4O3/c1-24(2)16-28(3)11-8-25(24,33)17-30-15-20(23(32)29-12-9-27-10-13-29)19(14-22(30)31)18-6-4-5-7-21(18)26/h4-7,14-15,27,33H,8-13,16-17H2,1-3H3. The molecule has 0 spiro atoms. The molecule has 4 rings (SSSR count). The van der Waals surface area contributed by atoms with Crippen LogP contribution in [0.1, 0.15) is 30.6 Å². The number of rotatable bonds is 4. The molecule has 0 saturated carbocycles. The highest BCUT2D eigenvalue weighted by molar-refractivity contribution is 6.00. The number of hydrogen-bond acceptors (Lipinski definition) is 5. The molecule has 2 aliphatic rings. The maximum absolute atomic E-state index is 14.7. The highest BCUT2D eigenvalue weighted by Crippen LogP contribution is 2.39. The number of aliphatic hydroxyl groups is 1. The lowest BCUT2D eigenvalue weighted by Gasteiger charge is -2.49. The number of hydrogen-bond donors (Lipinski definition) is 2. The van der Waals surface area contributed by atoms with Crippen LogP contribution < -0.4 is 10.9 Å². The van der Waals surface area contributed by atoms with Gasteiger partial charge >= 0.3 is 0 Å². The summed E-state index contributed by atoms with van der Waals surface area (Å²) in [6.45, 7) is 7.92. The van der Waals surface area contributed by atoms with Crippen molar-refractivity contribution >= 4 is 5.91 Å². The van der Waals surface area contributed by atoms with E-state index in [1.807, 2.05) is 20.9 Å². The molecule has 1 aromatic carbocycles. The number of amides is 1. The normalized spacial score (nSPS) is 23.5. The Morgan fingerprint density at radius 1 is 1.15 bits per heavy atom. The Kier molecular flexibility index (Phi) is 6.44. The summed E-state index contributed by atoms with van der Waals surface area (Å²) in [5.41, 5.74) is -1.15. The predicted octanol–water partition coefficient (Wildman–Crippen LogP) is 1.79. The average Bonchev–Trinajstić information content (AvgIpc) is 2.78. The molecule has 2 fully saturated rings. The van der Waals surface area contributed by atoms with Gasteiger partial charge in [-0.3, -0.25) is 9.59 Å². The van der Waals surface area contributed by atoms with Crippen molar-refractivity contribution in [3.05, 3.63) is 58.3 Å². The lowest BCUT2D eigenvalue weighted by Crippen LogP contribution is -2.59. The van der Waals surface area contributed by atoms with Gasteiger partial charge in [0.15, 0.2) is 0 Å². The first-order chi connectivity index (χ1) is 15.6. The van der Waals surface area contributed by atoms with Crippen molar-refractivity contribution in [1.29, 1.82) is 0 Å². The summed E-state index contributed by atoms with van der Waals surface area (Å²) >= 11 is 0. The van der Waals surface area contributed by atoms with E-state index in [-0.39, 0.29) is 34.7 Å². The first kappa shape index (κ1) is 23.6. The van der Waals surface area contributed by atoms with Crippen molar-refractivity contribution in [1.82, 2.24) is 19.7 Å². The molecule has 1 unspecified atom stereocenters. The van der Waals surface area contributed by atoms with Gasteiger partial charge in [0.05, 0.1) is 17.7 Å². The number of aromatic nitrogens is 1. The van der Waals surface area contributed by atoms with E-state index in [2.05, 4.69) is 10.2 Å². The second kappa shape index (κ2) is 9.00. The largest absolute Gasteiger partial charge is 0.387 e. The van der Waals surface area contributed by atoms with Crippen LogP contribution in [0.2, 0.25) is 0 Å². The van der Waals surface area contributed by atoms with Gasteiger partial charge in [0, 0.05) is 68.1 Å². The van der Waals surface area contributed by atoms with Crippen molar-refractivity contribution in [2.75, 3.05) is 46.3 Å². The van der Waals surface area contributed by atoms with Crippen molar-refractivity contribution in [3.8, 4) is 11.1 Å². The van der Waals surface area contributed by atoms with E-state index in [0.29, 0.717) is 45.7 Å². The fourth-order valence-corrected chi connectivity index (χ4v) is 5.00. The number of pyridine rings is 1. The molecule has 3 heterocycles. The zero-order valence-electron chi connectivity index (χ0n) is 19.6. The molecule has 2 N–H and O–H groups in total. The van der Waals surface area contributed by atoms with Gasteiger partial charge in [-0.05, 0) is 19.5 Å². The minimum atomic E-state index is -1.11. The van der Waals surface area contributed by atoms with Crippen LogP contribution in [-0.2, 0) is 6.54 Å². The van der Waals surface area contributed by atoms with Crippen LogP contribution in [0.25, 0.3) is 11.1 Å². The van der Waals surface area contributed by atoms with Gasteiger partial charge in [0.1, 0.15) is 5.82 Å². The molecule has 1 aromatic heterocycles. The third-order valence-corrected chi connectivity index (χ3v) is 7.19. The van der Waals surface area contributed by atoms with E-state index in [9.17, 15) is 19.1 Å². The number of piperazine rings is 1. The molecule has 0 radical (unpaired) electrons. The van der Waals surface area contributed by atoms with Gasteiger partial charge in [0.25, 0.3) is 11.5 Å². The summed E-state index contributed by atoms with van der Waals surface area (Å²) in [7, 11) is 2.01. The topological polar surface area (TPSA) is 77.8 Å². The first-order valence-corrected chi connectivity index (χ1v) is 11.5. The van der Waals surface area contributed by atoms with Crippen LogP contribution in [0.5, 0.6) is 0 Å². The van der Waals surface area contributed by atoms with E-state index in [1.54, 1.807) is 23.1 Å². The van der Waals surface area contributed by atoms with Crippen LogP contribution in [0.15, 0.2) is 41.3 Å². The summed E-state index contributed by atoms with van der Waals surface area (Å²) in [6, 6.07) is 7.50. The summed E-state index contributed by atoms with van der Waals surface area (Å²) in [4.78, 5) is 30.5. The van der Waals surface area contributed by atoms with E-state index in [4.69, 9.17) is 0 Å². The third kappa shape index (κ3) is 4.60. The fraction of sp³-hybridized carbons (Fsp3) is 0.520. The Morgan fingerprint density at radius 3 is 2.52 bits per heavy atom.